The Kier molecular flexibility index (Phi) is 6.57. The number of rotatable bonds is 7. The van der Waals surface area contributed by atoms with Gasteiger partial charge in [0.2, 0.25) is 0 Å². The Morgan fingerprint density at radius 2 is 1.73 bits per heavy atom. The molecule has 0 bridgehead atoms. The summed E-state index contributed by atoms with van der Waals surface area (Å²) in [5.41, 5.74) is 6.88. The molecule has 2 aromatic carbocycles. The first kappa shape index (κ1) is 19.3. The lowest BCUT2D eigenvalue weighted by Crippen LogP contribution is -3.09. The Labute approximate surface area is 152 Å². The monoisotopic (exact) mass is 358 g/mol. The predicted molar refractivity (Wildman–Crippen MR) is 97.0 cm³/mol. The molecule has 3 amide bonds. The molecule has 2 atom stereocenters. The SMILES string of the molecule is COc1ccc(C[NH+](C)[C@H](C(=O)NC(N)=O)c2ccccc2)cc1OC. The number of carbonyl (C=O) groups excluding carboxylic acids is 2. The van der Waals surface area contributed by atoms with Gasteiger partial charge in [0.1, 0.15) is 6.54 Å². The van der Waals surface area contributed by atoms with E-state index in [4.69, 9.17) is 15.2 Å². The lowest BCUT2D eigenvalue weighted by molar-refractivity contribution is -0.916. The van der Waals surface area contributed by atoms with Crippen LogP contribution in [0.15, 0.2) is 48.5 Å². The lowest BCUT2D eigenvalue weighted by atomic mass is 10.0. The van der Waals surface area contributed by atoms with Gasteiger partial charge in [-0.15, -0.1) is 0 Å². The molecule has 7 nitrogen and oxygen atoms in total. The average Bonchev–Trinajstić information content (AvgIpc) is 2.62. The Bertz CT molecular complexity index is 765. The van der Waals surface area contributed by atoms with Crippen LogP contribution in [0.5, 0.6) is 11.5 Å². The van der Waals surface area contributed by atoms with Gasteiger partial charge in [-0.3, -0.25) is 10.1 Å². The Morgan fingerprint density at radius 1 is 1.08 bits per heavy atom. The van der Waals surface area contributed by atoms with Crippen molar-refractivity contribution in [2.75, 3.05) is 21.3 Å². The van der Waals surface area contributed by atoms with Crippen LogP contribution in [0.25, 0.3) is 0 Å². The zero-order valence-electron chi connectivity index (χ0n) is 15.1. The second-order valence-corrected chi connectivity index (χ2v) is 5.91. The van der Waals surface area contributed by atoms with E-state index in [0.717, 1.165) is 16.0 Å². The maximum atomic E-state index is 12.5. The van der Waals surface area contributed by atoms with Gasteiger partial charge in [-0.1, -0.05) is 30.3 Å². The van der Waals surface area contributed by atoms with Crippen LogP contribution in [-0.2, 0) is 11.3 Å². The van der Waals surface area contributed by atoms with Gasteiger partial charge < -0.3 is 20.1 Å². The largest absolute Gasteiger partial charge is 0.493 e. The summed E-state index contributed by atoms with van der Waals surface area (Å²) in [7, 11) is 5.04. The number of urea groups is 1. The molecular weight excluding hydrogens is 334 g/mol. The van der Waals surface area contributed by atoms with Crippen LogP contribution in [0.4, 0.5) is 4.79 Å². The van der Waals surface area contributed by atoms with E-state index in [9.17, 15) is 9.59 Å². The maximum Gasteiger partial charge on any atom is 0.319 e. The van der Waals surface area contributed by atoms with Crippen molar-refractivity contribution in [3.05, 3.63) is 59.7 Å². The number of ether oxygens (including phenoxy) is 2. The molecule has 7 heteroatoms. The van der Waals surface area contributed by atoms with Crippen molar-refractivity contribution >= 4 is 11.9 Å². The zero-order chi connectivity index (χ0) is 19.1. The Morgan fingerprint density at radius 3 is 2.31 bits per heavy atom. The number of hydrogen-bond donors (Lipinski definition) is 3. The van der Waals surface area contributed by atoms with Crippen molar-refractivity contribution in [2.24, 2.45) is 5.73 Å². The third-order valence-corrected chi connectivity index (χ3v) is 4.07. The van der Waals surface area contributed by atoms with Crippen molar-refractivity contribution in [1.29, 1.82) is 0 Å². The van der Waals surface area contributed by atoms with E-state index in [1.165, 1.54) is 0 Å². The number of benzene rings is 2. The van der Waals surface area contributed by atoms with Gasteiger partial charge in [0.05, 0.1) is 21.3 Å². The molecule has 0 fully saturated rings. The fourth-order valence-corrected chi connectivity index (χ4v) is 2.91. The number of amides is 3. The number of nitrogens with one attached hydrogen (secondary N) is 2. The maximum absolute atomic E-state index is 12.5. The molecule has 0 radical (unpaired) electrons. The molecule has 2 rings (SSSR count). The summed E-state index contributed by atoms with van der Waals surface area (Å²) in [4.78, 5) is 24.5. The average molecular weight is 358 g/mol. The lowest BCUT2D eigenvalue weighted by Gasteiger charge is -2.24. The molecule has 0 saturated carbocycles. The minimum absolute atomic E-state index is 0.443. The predicted octanol–water partition coefficient (Wildman–Crippen LogP) is 0.655. The second-order valence-electron chi connectivity index (χ2n) is 5.91. The van der Waals surface area contributed by atoms with Gasteiger partial charge in [-0.2, -0.15) is 0 Å². The van der Waals surface area contributed by atoms with Gasteiger partial charge in [0.15, 0.2) is 17.5 Å². The highest BCUT2D eigenvalue weighted by molar-refractivity contribution is 5.96. The number of quaternary nitrogens is 1. The summed E-state index contributed by atoms with van der Waals surface area (Å²) < 4.78 is 10.6. The first-order valence-corrected chi connectivity index (χ1v) is 8.14. The zero-order valence-corrected chi connectivity index (χ0v) is 15.1. The number of nitrogens with two attached hydrogens (primary N) is 1. The Hall–Kier alpha value is -3.06. The summed E-state index contributed by atoms with van der Waals surface area (Å²) in [5, 5.41) is 2.18. The molecule has 0 aliphatic carbocycles. The van der Waals surface area contributed by atoms with E-state index in [1.807, 2.05) is 55.6 Å². The molecule has 26 heavy (non-hydrogen) atoms. The fourth-order valence-electron chi connectivity index (χ4n) is 2.91. The van der Waals surface area contributed by atoms with Gasteiger partial charge in [0.25, 0.3) is 5.91 Å². The number of carbonyl (C=O) groups is 2. The molecule has 0 aliphatic heterocycles. The summed E-state index contributed by atoms with van der Waals surface area (Å²) >= 11 is 0. The number of imide groups is 1. The molecule has 0 spiro atoms. The van der Waals surface area contributed by atoms with Crippen LogP contribution in [0, 0.1) is 0 Å². The van der Waals surface area contributed by atoms with E-state index in [-0.39, 0.29) is 0 Å². The summed E-state index contributed by atoms with van der Waals surface area (Å²) in [5.74, 6) is 0.817. The third-order valence-electron chi connectivity index (χ3n) is 4.07. The molecule has 138 valence electrons. The molecule has 0 heterocycles. The third kappa shape index (κ3) is 4.73. The molecule has 2 aromatic rings. The number of primary amides is 1. The number of hydrogen-bond acceptors (Lipinski definition) is 4. The van der Waals surface area contributed by atoms with Gasteiger partial charge in [-0.25, -0.2) is 4.79 Å². The summed E-state index contributed by atoms with van der Waals surface area (Å²) in [6.07, 6.45) is 0. The molecule has 0 aliphatic rings. The molecular formula is C19H24N3O4+. The van der Waals surface area contributed by atoms with E-state index in [1.54, 1.807) is 14.2 Å². The molecule has 4 N–H and O–H groups in total. The minimum Gasteiger partial charge on any atom is -0.493 e. The fraction of sp³-hybridized carbons (Fsp3) is 0.263. The van der Waals surface area contributed by atoms with Crippen LogP contribution in [0.3, 0.4) is 0 Å². The molecule has 0 saturated heterocycles. The number of likely N-dealkylation sites (N-methyl/N-ethyl adjacent to an activating group) is 1. The highest BCUT2D eigenvalue weighted by Crippen LogP contribution is 2.27. The highest BCUT2D eigenvalue weighted by atomic mass is 16.5. The molecule has 0 aromatic heterocycles. The van der Waals surface area contributed by atoms with Crippen molar-refractivity contribution in [1.82, 2.24) is 5.32 Å². The van der Waals surface area contributed by atoms with Crippen molar-refractivity contribution in [2.45, 2.75) is 12.6 Å². The first-order chi connectivity index (χ1) is 12.5. The van der Waals surface area contributed by atoms with E-state index in [2.05, 4.69) is 5.32 Å². The van der Waals surface area contributed by atoms with Crippen molar-refractivity contribution in [3.63, 3.8) is 0 Å². The summed E-state index contributed by atoms with van der Waals surface area (Å²) in [6.45, 7) is 0.534. The van der Waals surface area contributed by atoms with Crippen LogP contribution >= 0.6 is 0 Å². The van der Waals surface area contributed by atoms with Gasteiger partial charge in [0, 0.05) is 11.1 Å². The first-order valence-electron chi connectivity index (χ1n) is 8.14. The van der Waals surface area contributed by atoms with Crippen LogP contribution in [0.2, 0.25) is 0 Å². The van der Waals surface area contributed by atoms with Crippen LogP contribution < -0.4 is 25.4 Å². The normalized spacial score (nSPS) is 12.7. The van der Waals surface area contributed by atoms with Gasteiger partial charge >= 0.3 is 6.03 Å². The standard InChI is InChI=1S/C19H23N3O4/c1-22(12-13-9-10-15(25-2)16(11-13)26-3)17(18(23)21-19(20)24)14-7-5-4-6-8-14/h4-11,17H,12H2,1-3H3,(H3,20,21,23,24)/p+1/t17-/m0/s1. The van der Waals surface area contributed by atoms with Crippen LogP contribution in [-0.4, -0.2) is 33.2 Å². The number of methoxy groups -OCH3 is 2. The minimum atomic E-state index is -0.866. The van der Waals surface area contributed by atoms with Crippen molar-refractivity contribution < 1.29 is 24.0 Å². The Balaban J connectivity index is 2.27. The van der Waals surface area contributed by atoms with E-state index in [0.29, 0.717) is 18.0 Å². The van der Waals surface area contributed by atoms with Gasteiger partial charge in [-0.05, 0) is 18.2 Å². The summed E-state index contributed by atoms with van der Waals surface area (Å²) in [6, 6.07) is 13.4. The van der Waals surface area contributed by atoms with Crippen LogP contribution in [0.1, 0.15) is 17.2 Å². The van der Waals surface area contributed by atoms with E-state index < -0.39 is 18.0 Å². The smallest absolute Gasteiger partial charge is 0.319 e. The van der Waals surface area contributed by atoms with Crippen molar-refractivity contribution in [3.8, 4) is 11.5 Å². The van der Waals surface area contributed by atoms with E-state index >= 15 is 0 Å². The highest BCUT2D eigenvalue weighted by Gasteiger charge is 2.30. The topological polar surface area (TPSA) is 95.1 Å². The molecule has 1 unspecified atom stereocenters. The quantitative estimate of drug-likeness (QED) is 0.677. The second kappa shape index (κ2) is 8.87.